The summed E-state index contributed by atoms with van der Waals surface area (Å²) < 4.78 is 0. The number of thioether (sulfide) groups is 1. The van der Waals surface area contributed by atoms with Crippen LogP contribution >= 0.6 is 11.8 Å². The van der Waals surface area contributed by atoms with Crippen LogP contribution in [-0.2, 0) is 14.5 Å². The lowest BCUT2D eigenvalue weighted by molar-refractivity contribution is -0.138. The standard InChI is InChI=1S/C17H20N2O2S/c1-11-2-4-12(5-3-11)17-9-8-15(20)19(17)14(10-22-17)16(21)18-13-6-7-13/h2-5,13-14H,6-10H2,1H3,(H,18,21)/t14-,17-/m0/s1. The fourth-order valence-corrected chi connectivity index (χ4v) is 5.13. The quantitative estimate of drug-likeness (QED) is 0.930. The van der Waals surface area contributed by atoms with Crippen LogP contribution in [0.3, 0.4) is 0 Å². The van der Waals surface area contributed by atoms with E-state index >= 15 is 0 Å². The predicted molar refractivity (Wildman–Crippen MR) is 86.3 cm³/mol. The molecule has 0 bridgehead atoms. The highest BCUT2D eigenvalue weighted by Gasteiger charge is 2.56. The van der Waals surface area contributed by atoms with Gasteiger partial charge in [0.05, 0.1) is 0 Å². The molecule has 0 unspecified atom stereocenters. The van der Waals surface area contributed by atoms with E-state index in [1.165, 1.54) is 5.56 Å². The summed E-state index contributed by atoms with van der Waals surface area (Å²) in [5.74, 6) is 0.832. The van der Waals surface area contributed by atoms with E-state index in [9.17, 15) is 9.59 Å². The fraction of sp³-hybridized carbons (Fsp3) is 0.529. The molecule has 116 valence electrons. The highest BCUT2D eigenvalue weighted by molar-refractivity contribution is 8.00. The van der Waals surface area contributed by atoms with E-state index in [0.717, 1.165) is 24.8 Å². The number of carbonyl (C=O) groups is 2. The number of carbonyl (C=O) groups excluding carboxylic acids is 2. The van der Waals surface area contributed by atoms with E-state index < -0.39 is 0 Å². The first-order valence-corrected chi connectivity index (χ1v) is 8.92. The summed E-state index contributed by atoms with van der Waals surface area (Å²) in [6, 6.07) is 8.41. The summed E-state index contributed by atoms with van der Waals surface area (Å²) in [7, 11) is 0. The van der Waals surface area contributed by atoms with Gasteiger partial charge in [-0.15, -0.1) is 11.8 Å². The van der Waals surface area contributed by atoms with E-state index in [0.29, 0.717) is 18.2 Å². The number of nitrogens with one attached hydrogen (secondary N) is 1. The number of aryl methyl sites for hydroxylation is 1. The molecule has 5 heteroatoms. The van der Waals surface area contributed by atoms with Crippen LogP contribution < -0.4 is 5.32 Å². The maximum atomic E-state index is 12.5. The third-order valence-electron chi connectivity index (χ3n) is 4.86. The van der Waals surface area contributed by atoms with Gasteiger partial charge in [0.15, 0.2) is 0 Å². The Morgan fingerprint density at radius 3 is 2.73 bits per heavy atom. The van der Waals surface area contributed by atoms with E-state index in [2.05, 4.69) is 36.5 Å². The first kappa shape index (κ1) is 14.1. The second kappa shape index (κ2) is 5.01. The predicted octanol–water partition coefficient (Wildman–Crippen LogP) is 2.16. The molecule has 1 aromatic rings. The Bertz CT molecular complexity index is 626. The molecule has 22 heavy (non-hydrogen) atoms. The van der Waals surface area contributed by atoms with Crippen molar-refractivity contribution in [3.05, 3.63) is 35.4 Å². The monoisotopic (exact) mass is 316 g/mol. The highest BCUT2D eigenvalue weighted by Crippen LogP contribution is 2.54. The van der Waals surface area contributed by atoms with Gasteiger partial charge in [0.25, 0.3) is 0 Å². The molecule has 0 aromatic heterocycles. The number of nitrogens with zero attached hydrogens (tertiary/aromatic N) is 1. The number of fused-ring (bicyclic) bond motifs is 1. The molecule has 0 spiro atoms. The Morgan fingerprint density at radius 1 is 1.32 bits per heavy atom. The number of hydrogen-bond donors (Lipinski definition) is 1. The molecule has 2 atom stereocenters. The molecular weight excluding hydrogens is 296 g/mol. The van der Waals surface area contributed by atoms with E-state index in [1.54, 1.807) is 11.8 Å². The Hall–Kier alpha value is -1.49. The van der Waals surface area contributed by atoms with Gasteiger partial charge in [0.1, 0.15) is 10.9 Å². The minimum atomic E-state index is -0.337. The number of amides is 2. The molecule has 1 saturated carbocycles. The number of benzene rings is 1. The molecular formula is C17H20N2O2S. The van der Waals surface area contributed by atoms with Crippen molar-refractivity contribution in [2.75, 3.05) is 5.75 Å². The second-order valence-corrected chi connectivity index (χ2v) is 7.82. The van der Waals surface area contributed by atoms with Gasteiger partial charge in [-0.2, -0.15) is 0 Å². The minimum absolute atomic E-state index is 0.0271. The second-order valence-electron chi connectivity index (χ2n) is 6.52. The average Bonchev–Trinajstić information content (AvgIpc) is 3.13. The lowest BCUT2D eigenvalue weighted by Crippen LogP contribution is -2.50. The SMILES string of the molecule is Cc1ccc([C@@]23CCC(=O)N2[C@H](C(=O)NC2CC2)CS3)cc1. The van der Waals surface area contributed by atoms with E-state index in [1.807, 2.05) is 4.90 Å². The van der Waals surface area contributed by atoms with Crippen LogP contribution in [0.25, 0.3) is 0 Å². The summed E-state index contributed by atoms with van der Waals surface area (Å²) >= 11 is 1.75. The van der Waals surface area contributed by atoms with Crippen molar-refractivity contribution >= 4 is 23.6 Å². The van der Waals surface area contributed by atoms with Crippen molar-refractivity contribution in [3.8, 4) is 0 Å². The topological polar surface area (TPSA) is 49.4 Å². The van der Waals surface area contributed by atoms with Crippen LogP contribution in [0.15, 0.2) is 24.3 Å². The van der Waals surface area contributed by atoms with Gasteiger partial charge in [-0.25, -0.2) is 0 Å². The highest BCUT2D eigenvalue weighted by atomic mass is 32.2. The molecule has 3 fully saturated rings. The van der Waals surface area contributed by atoms with E-state index in [4.69, 9.17) is 0 Å². The molecule has 0 radical (unpaired) electrons. The van der Waals surface area contributed by atoms with Crippen molar-refractivity contribution < 1.29 is 9.59 Å². The van der Waals surface area contributed by atoms with Crippen LogP contribution in [0.2, 0.25) is 0 Å². The Morgan fingerprint density at radius 2 is 2.05 bits per heavy atom. The Kier molecular flexibility index (Phi) is 3.22. The van der Waals surface area contributed by atoms with Gasteiger partial charge >= 0.3 is 0 Å². The summed E-state index contributed by atoms with van der Waals surface area (Å²) in [6.07, 6.45) is 3.48. The molecule has 3 aliphatic rings. The van der Waals surface area contributed by atoms with Crippen molar-refractivity contribution in [3.63, 3.8) is 0 Å². The van der Waals surface area contributed by atoms with Gasteiger partial charge < -0.3 is 10.2 Å². The van der Waals surface area contributed by atoms with Gasteiger partial charge in [-0.05, 0) is 31.7 Å². The van der Waals surface area contributed by atoms with Gasteiger partial charge in [0.2, 0.25) is 11.8 Å². The fourth-order valence-electron chi connectivity index (χ4n) is 3.48. The summed E-state index contributed by atoms with van der Waals surface area (Å²) in [5, 5.41) is 3.06. The Balaban J connectivity index is 1.65. The molecule has 2 aliphatic heterocycles. The minimum Gasteiger partial charge on any atom is -0.352 e. The Labute approximate surface area is 134 Å². The first-order valence-electron chi connectivity index (χ1n) is 7.94. The molecule has 1 aromatic carbocycles. The van der Waals surface area contributed by atoms with Crippen molar-refractivity contribution in [2.24, 2.45) is 0 Å². The molecule has 4 nitrogen and oxygen atoms in total. The molecule has 2 saturated heterocycles. The van der Waals surface area contributed by atoms with Gasteiger partial charge in [-0.1, -0.05) is 29.8 Å². The zero-order valence-corrected chi connectivity index (χ0v) is 13.5. The van der Waals surface area contributed by atoms with Crippen LogP contribution in [0.5, 0.6) is 0 Å². The largest absolute Gasteiger partial charge is 0.352 e. The van der Waals surface area contributed by atoms with Crippen LogP contribution in [0, 0.1) is 6.92 Å². The molecule has 4 rings (SSSR count). The first-order chi connectivity index (χ1) is 10.6. The smallest absolute Gasteiger partial charge is 0.243 e. The number of rotatable bonds is 3. The molecule has 1 aliphatic carbocycles. The lowest BCUT2D eigenvalue weighted by Gasteiger charge is -2.34. The number of hydrogen-bond acceptors (Lipinski definition) is 3. The molecule has 1 N–H and O–H groups in total. The normalized spacial score (nSPS) is 30.5. The lowest BCUT2D eigenvalue weighted by atomic mass is 10.0. The summed E-state index contributed by atoms with van der Waals surface area (Å²) in [5.41, 5.74) is 2.36. The third kappa shape index (κ3) is 2.14. The van der Waals surface area contributed by atoms with Crippen molar-refractivity contribution in [1.29, 1.82) is 0 Å². The summed E-state index contributed by atoms with van der Waals surface area (Å²) in [4.78, 5) is 26.5. The summed E-state index contributed by atoms with van der Waals surface area (Å²) in [6.45, 7) is 2.06. The van der Waals surface area contributed by atoms with Crippen LogP contribution in [0.1, 0.15) is 36.8 Å². The maximum absolute atomic E-state index is 12.5. The van der Waals surface area contributed by atoms with Gasteiger partial charge in [0, 0.05) is 18.2 Å². The van der Waals surface area contributed by atoms with Crippen molar-refractivity contribution in [1.82, 2.24) is 10.2 Å². The molecule has 2 amide bonds. The van der Waals surface area contributed by atoms with Gasteiger partial charge in [-0.3, -0.25) is 9.59 Å². The van der Waals surface area contributed by atoms with Crippen molar-refractivity contribution in [2.45, 2.75) is 49.6 Å². The maximum Gasteiger partial charge on any atom is 0.243 e. The average molecular weight is 316 g/mol. The van der Waals surface area contributed by atoms with Crippen LogP contribution in [-0.4, -0.2) is 34.6 Å². The zero-order chi connectivity index (χ0) is 15.3. The van der Waals surface area contributed by atoms with Crippen LogP contribution in [0.4, 0.5) is 0 Å². The third-order valence-corrected chi connectivity index (χ3v) is 6.45. The van der Waals surface area contributed by atoms with E-state index in [-0.39, 0.29) is 22.7 Å². The zero-order valence-electron chi connectivity index (χ0n) is 12.7. The molecule has 2 heterocycles.